The molecular weight excluding hydrogens is 573 g/mol. The monoisotopic (exact) mass is 599 g/mol. The van der Waals surface area contributed by atoms with Gasteiger partial charge in [-0.3, -0.25) is 4.79 Å². The average Bonchev–Trinajstić information content (AvgIpc) is 3.59. The summed E-state index contributed by atoms with van der Waals surface area (Å²) in [6.45, 7) is 7.77. The van der Waals surface area contributed by atoms with E-state index >= 15 is 0 Å². The Bertz CT molecular complexity index is 1500. The van der Waals surface area contributed by atoms with E-state index < -0.39 is 5.95 Å². The largest absolute Gasteiger partial charge is 0.342 e. The molecule has 1 atom stereocenters. The van der Waals surface area contributed by atoms with Crippen LogP contribution in [0.1, 0.15) is 40.2 Å². The first-order chi connectivity index (χ1) is 18.2. The van der Waals surface area contributed by atoms with E-state index in [4.69, 9.17) is 11.6 Å². The van der Waals surface area contributed by atoms with Gasteiger partial charge < -0.3 is 4.90 Å². The van der Waals surface area contributed by atoms with Gasteiger partial charge >= 0.3 is 0 Å². The lowest BCUT2D eigenvalue weighted by atomic mass is 10.0. The maximum Gasteiger partial charge on any atom is 0.227 e. The summed E-state index contributed by atoms with van der Waals surface area (Å²) in [5.41, 5.74) is 6.35. The van der Waals surface area contributed by atoms with E-state index in [1.54, 1.807) is 10.7 Å². The fraction of sp³-hybridized carbons (Fsp3) is 0.370. The van der Waals surface area contributed by atoms with Crippen LogP contribution in [-0.4, -0.2) is 53.7 Å². The second-order valence-corrected chi connectivity index (χ2v) is 11.0. The van der Waals surface area contributed by atoms with Crippen LogP contribution in [0.25, 0.3) is 5.69 Å². The predicted molar refractivity (Wildman–Crippen MR) is 146 cm³/mol. The topological polar surface area (TPSA) is 81.7 Å². The highest BCUT2D eigenvalue weighted by Crippen LogP contribution is 2.25. The van der Waals surface area contributed by atoms with Crippen molar-refractivity contribution in [1.29, 1.82) is 0 Å². The molecule has 0 bridgehead atoms. The van der Waals surface area contributed by atoms with Gasteiger partial charge in [0.1, 0.15) is 4.60 Å². The summed E-state index contributed by atoms with van der Waals surface area (Å²) in [4.78, 5) is 19.0. The molecule has 1 aromatic carbocycles. The number of hydrogen-bond acceptors (Lipinski definition) is 5. The molecule has 0 spiro atoms. The van der Waals surface area contributed by atoms with Gasteiger partial charge in [0, 0.05) is 41.1 Å². The molecule has 1 amide bonds. The first kappa shape index (κ1) is 26.5. The molecule has 1 aliphatic rings. The van der Waals surface area contributed by atoms with Crippen molar-refractivity contribution in [3.05, 3.63) is 85.9 Å². The molecule has 11 heteroatoms. The zero-order valence-corrected chi connectivity index (χ0v) is 23.8. The highest BCUT2D eigenvalue weighted by atomic mass is 79.9. The van der Waals surface area contributed by atoms with Crippen LogP contribution < -0.4 is 0 Å². The van der Waals surface area contributed by atoms with Crippen LogP contribution in [0, 0.1) is 32.6 Å². The molecule has 198 valence electrons. The van der Waals surface area contributed by atoms with Crippen molar-refractivity contribution < 1.29 is 9.18 Å². The summed E-state index contributed by atoms with van der Waals surface area (Å²) < 4.78 is 17.3. The zero-order valence-electron chi connectivity index (χ0n) is 21.5. The maximum absolute atomic E-state index is 13.3. The lowest BCUT2D eigenvalue weighted by Gasteiger charge is -2.16. The normalized spacial score (nSPS) is 15.4. The molecule has 38 heavy (non-hydrogen) atoms. The number of pyridine rings is 1. The molecule has 1 aliphatic heterocycles. The molecule has 0 radical (unpaired) electrons. The summed E-state index contributed by atoms with van der Waals surface area (Å²) in [6, 6.07) is 8.87. The van der Waals surface area contributed by atoms with Gasteiger partial charge in [-0.1, -0.05) is 22.9 Å². The van der Waals surface area contributed by atoms with E-state index in [1.165, 1.54) is 6.07 Å². The minimum absolute atomic E-state index is 0.109. The number of rotatable bonds is 7. The summed E-state index contributed by atoms with van der Waals surface area (Å²) in [5.74, 6) is -0.101. The smallest absolute Gasteiger partial charge is 0.227 e. The standard InChI is InChI=1S/C27H28BrClFN7O/c1-16-4-6-22(11-24(16)29)37-18(3)23(17(2)33-37)12-26(38)35-9-8-19(13-35)10-21-15-36(34-32-21)14-20-5-7-25(30)31-27(20)28/h4-7,11,15,19H,8-10,12-14H2,1-3H3. The zero-order chi connectivity index (χ0) is 27.0. The average molecular weight is 601 g/mol. The Morgan fingerprint density at radius 3 is 2.79 bits per heavy atom. The Morgan fingerprint density at radius 1 is 1.21 bits per heavy atom. The minimum atomic E-state index is -0.532. The van der Waals surface area contributed by atoms with E-state index in [-0.39, 0.29) is 5.91 Å². The predicted octanol–water partition coefficient (Wildman–Crippen LogP) is 5.02. The highest BCUT2D eigenvalue weighted by Gasteiger charge is 2.28. The first-order valence-electron chi connectivity index (χ1n) is 12.5. The van der Waals surface area contributed by atoms with Gasteiger partial charge in [0.15, 0.2) is 0 Å². The molecule has 1 saturated heterocycles. The number of carbonyl (C=O) groups excluding carboxylic acids is 1. The van der Waals surface area contributed by atoms with Gasteiger partial charge in [-0.15, -0.1) is 5.10 Å². The maximum atomic E-state index is 13.3. The number of halogens is 3. The third-order valence-corrected chi connectivity index (χ3v) is 8.21. The van der Waals surface area contributed by atoms with Gasteiger partial charge in [-0.2, -0.15) is 9.49 Å². The highest BCUT2D eigenvalue weighted by molar-refractivity contribution is 9.10. The lowest BCUT2D eigenvalue weighted by Crippen LogP contribution is -2.30. The van der Waals surface area contributed by atoms with Crippen molar-refractivity contribution >= 4 is 33.4 Å². The Kier molecular flexibility index (Phi) is 7.63. The van der Waals surface area contributed by atoms with Crippen LogP contribution in [0.3, 0.4) is 0 Å². The molecule has 0 N–H and O–H groups in total. The number of nitrogens with zero attached hydrogens (tertiary/aromatic N) is 7. The molecule has 3 aromatic heterocycles. The molecule has 8 nitrogen and oxygen atoms in total. The van der Waals surface area contributed by atoms with Crippen LogP contribution in [-0.2, 0) is 24.2 Å². The van der Waals surface area contributed by atoms with Gasteiger partial charge in [0.05, 0.1) is 30.0 Å². The van der Waals surface area contributed by atoms with Gasteiger partial charge in [-0.05, 0) is 85.3 Å². The number of benzene rings is 1. The van der Waals surface area contributed by atoms with Gasteiger partial charge in [0.2, 0.25) is 11.9 Å². The van der Waals surface area contributed by atoms with E-state index in [1.807, 2.05) is 54.7 Å². The van der Waals surface area contributed by atoms with Crippen LogP contribution in [0.4, 0.5) is 4.39 Å². The van der Waals surface area contributed by atoms with E-state index in [0.29, 0.717) is 35.1 Å². The summed E-state index contributed by atoms with van der Waals surface area (Å²) >= 11 is 9.62. The fourth-order valence-electron chi connectivity index (χ4n) is 4.92. The van der Waals surface area contributed by atoms with Crippen LogP contribution >= 0.6 is 27.5 Å². The third kappa shape index (κ3) is 5.66. The Balaban J connectivity index is 1.19. The van der Waals surface area contributed by atoms with Gasteiger partial charge in [0.25, 0.3) is 0 Å². The van der Waals surface area contributed by atoms with Crippen molar-refractivity contribution in [1.82, 2.24) is 34.7 Å². The summed E-state index contributed by atoms with van der Waals surface area (Å²) in [5, 5.41) is 13.9. The number of hydrogen-bond donors (Lipinski definition) is 0. The Morgan fingerprint density at radius 2 is 2.03 bits per heavy atom. The van der Waals surface area contributed by atoms with Crippen molar-refractivity contribution in [2.45, 2.75) is 46.6 Å². The lowest BCUT2D eigenvalue weighted by molar-refractivity contribution is -0.129. The molecule has 4 aromatic rings. The van der Waals surface area contributed by atoms with Crippen molar-refractivity contribution in [3.63, 3.8) is 0 Å². The number of aromatic nitrogens is 6. The molecule has 0 saturated carbocycles. The first-order valence-corrected chi connectivity index (χ1v) is 13.6. The van der Waals surface area contributed by atoms with Crippen LogP contribution in [0.15, 0.2) is 41.1 Å². The summed E-state index contributed by atoms with van der Waals surface area (Å²) in [6.07, 6.45) is 3.89. The van der Waals surface area contributed by atoms with Crippen molar-refractivity contribution in [3.8, 4) is 5.69 Å². The minimum Gasteiger partial charge on any atom is -0.342 e. The molecule has 0 aliphatic carbocycles. The number of carbonyl (C=O) groups is 1. The second kappa shape index (κ2) is 10.9. The van der Waals surface area contributed by atoms with E-state index in [9.17, 15) is 9.18 Å². The third-order valence-electron chi connectivity index (χ3n) is 7.12. The van der Waals surface area contributed by atoms with Crippen molar-refractivity contribution in [2.75, 3.05) is 13.1 Å². The van der Waals surface area contributed by atoms with Crippen LogP contribution in [0.2, 0.25) is 5.02 Å². The number of amides is 1. The fourth-order valence-corrected chi connectivity index (χ4v) is 5.52. The number of likely N-dealkylation sites (tertiary alicyclic amines) is 1. The summed E-state index contributed by atoms with van der Waals surface area (Å²) in [7, 11) is 0. The Labute approximate surface area is 233 Å². The van der Waals surface area contributed by atoms with Crippen LogP contribution in [0.5, 0.6) is 0 Å². The molecule has 1 fully saturated rings. The van der Waals surface area contributed by atoms with Gasteiger partial charge in [-0.25, -0.2) is 14.3 Å². The molecule has 1 unspecified atom stereocenters. The quantitative estimate of drug-likeness (QED) is 0.278. The van der Waals surface area contributed by atoms with E-state index in [0.717, 1.165) is 58.8 Å². The number of aryl methyl sites for hydroxylation is 2. The van der Waals surface area contributed by atoms with Crippen molar-refractivity contribution in [2.24, 2.45) is 5.92 Å². The SMILES string of the molecule is Cc1ccc(-n2nc(C)c(CC(=O)N3CCC(Cc4cn(Cc5ccc(F)nc5Br)nn4)C3)c2C)cc1Cl. The second-order valence-electron chi connectivity index (χ2n) is 9.86. The molecular formula is C27H28BrClFN7O. The molecule has 5 rings (SSSR count). The molecule has 4 heterocycles. The van der Waals surface area contributed by atoms with E-state index in [2.05, 4.69) is 36.3 Å². The Hall–Kier alpha value is -3.11.